The van der Waals surface area contributed by atoms with Gasteiger partial charge in [-0.3, -0.25) is 9.69 Å². The van der Waals surface area contributed by atoms with Crippen LogP contribution < -0.4 is 15.0 Å². The minimum Gasteiger partial charge on any atom is -0.495 e. The molecule has 2 aliphatic rings. The average Bonchev–Trinajstić information content (AvgIpc) is 3.46. The van der Waals surface area contributed by atoms with Gasteiger partial charge in [0.2, 0.25) is 0 Å². The predicted octanol–water partition coefficient (Wildman–Crippen LogP) is 0.329. The van der Waals surface area contributed by atoms with Crippen LogP contribution in [0.4, 0.5) is 5.69 Å². The van der Waals surface area contributed by atoms with Crippen molar-refractivity contribution in [2.24, 2.45) is 0 Å². The van der Waals surface area contributed by atoms with E-state index < -0.39 is 18.3 Å². The lowest BCUT2D eigenvalue weighted by molar-refractivity contribution is -0.0209. The number of carbonyl (C=O) groups excluding carboxylic acids is 1. The van der Waals surface area contributed by atoms with E-state index in [2.05, 4.69) is 15.1 Å². The summed E-state index contributed by atoms with van der Waals surface area (Å²) in [5.41, 5.74) is 1.04. The lowest BCUT2D eigenvalue weighted by atomic mass is 10.0. The van der Waals surface area contributed by atoms with E-state index in [4.69, 9.17) is 13.9 Å². The third-order valence-electron chi connectivity index (χ3n) is 6.01. The second kappa shape index (κ2) is 9.69. The first kappa shape index (κ1) is 21.6. The van der Waals surface area contributed by atoms with Crippen LogP contribution in [0.25, 0.3) is 0 Å². The molecule has 1 aromatic heterocycles. The topological polar surface area (TPSA) is 108 Å². The second-order valence-electron chi connectivity index (χ2n) is 7.76. The minimum absolute atomic E-state index is 0.213. The van der Waals surface area contributed by atoms with Crippen molar-refractivity contribution in [3.05, 3.63) is 48.4 Å². The molecule has 2 saturated heterocycles. The smallest absolute Gasteiger partial charge is 0.287 e. The summed E-state index contributed by atoms with van der Waals surface area (Å²) >= 11 is 0. The van der Waals surface area contributed by atoms with E-state index in [1.165, 1.54) is 6.26 Å². The molecule has 2 aliphatic heterocycles. The molecule has 168 valence electrons. The summed E-state index contributed by atoms with van der Waals surface area (Å²) in [5.74, 6) is 0.716. The number of ether oxygens (including phenoxy) is 2. The minimum atomic E-state index is -0.840. The van der Waals surface area contributed by atoms with E-state index >= 15 is 0 Å². The Morgan fingerprint density at radius 2 is 1.94 bits per heavy atom. The summed E-state index contributed by atoms with van der Waals surface area (Å²) in [6.07, 6.45) is -0.517. The molecule has 9 nitrogen and oxygen atoms in total. The zero-order valence-electron chi connectivity index (χ0n) is 17.5. The fourth-order valence-electron chi connectivity index (χ4n) is 4.44. The first-order valence-corrected chi connectivity index (χ1v) is 10.5. The summed E-state index contributed by atoms with van der Waals surface area (Å²) in [6, 6.07) is 10.8. The van der Waals surface area contributed by atoms with Crippen molar-refractivity contribution in [1.29, 1.82) is 0 Å². The van der Waals surface area contributed by atoms with E-state index in [0.717, 1.165) is 24.5 Å². The molecular weight excluding hydrogens is 402 g/mol. The Balaban J connectivity index is 1.40. The van der Waals surface area contributed by atoms with Gasteiger partial charge in [0.05, 0.1) is 37.8 Å². The van der Waals surface area contributed by atoms with Gasteiger partial charge in [-0.15, -0.1) is 0 Å². The number of nitrogens with zero attached hydrogens (tertiary/aromatic N) is 2. The Hall–Kier alpha value is -2.59. The van der Waals surface area contributed by atoms with Crippen molar-refractivity contribution < 1.29 is 28.9 Å². The summed E-state index contributed by atoms with van der Waals surface area (Å²) in [5, 5.41) is 23.2. The molecular formula is C22H29N3O6. The molecule has 31 heavy (non-hydrogen) atoms. The fourth-order valence-corrected chi connectivity index (χ4v) is 4.44. The number of aliphatic hydroxyl groups excluding tert-OH is 2. The molecule has 0 spiro atoms. The van der Waals surface area contributed by atoms with Gasteiger partial charge in [-0.1, -0.05) is 12.1 Å². The molecule has 2 aromatic rings. The van der Waals surface area contributed by atoms with Crippen LogP contribution in [0, 0.1) is 0 Å². The van der Waals surface area contributed by atoms with Crippen LogP contribution in [0.15, 0.2) is 47.1 Å². The molecule has 1 amide bonds. The number of amides is 1. The van der Waals surface area contributed by atoms with Crippen LogP contribution in [0.1, 0.15) is 10.6 Å². The Bertz CT molecular complexity index is 853. The maximum Gasteiger partial charge on any atom is 0.287 e. The number of anilines is 1. The molecule has 1 aromatic carbocycles. The van der Waals surface area contributed by atoms with Gasteiger partial charge in [-0.05, 0) is 24.3 Å². The number of nitrogens with one attached hydrogen (secondary N) is 1. The average molecular weight is 431 g/mol. The van der Waals surface area contributed by atoms with Crippen LogP contribution in [-0.4, -0.2) is 91.8 Å². The quantitative estimate of drug-likeness (QED) is 0.576. The Kier molecular flexibility index (Phi) is 6.77. The van der Waals surface area contributed by atoms with Crippen LogP contribution in [0.3, 0.4) is 0 Å². The highest BCUT2D eigenvalue weighted by molar-refractivity contribution is 5.91. The highest BCUT2D eigenvalue weighted by Gasteiger charge is 2.46. The van der Waals surface area contributed by atoms with E-state index in [1.54, 1.807) is 19.2 Å². The van der Waals surface area contributed by atoms with Gasteiger partial charge in [0.25, 0.3) is 5.91 Å². The molecule has 4 atom stereocenters. The second-order valence-corrected chi connectivity index (χ2v) is 7.76. The maximum absolute atomic E-state index is 12.2. The first-order valence-electron chi connectivity index (χ1n) is 10.5. The number of methoxy groups -OCH3 is 1. The molecule has 2 fully saturated rings. The standard InChI is InChI=1S/C22H29N3O6/c1-29-16-6-3-2-5-15(16)24-8-10-25(11-9-24)20-18(31-19(14-26)21(20)27)13-23-22(28)17-7-4-12-30-17/h2-7,12,18-21,26-27H,8-11,13-14H2,1H3,(H,23,28)/t18-,19+,20-,21-/m1/s1. The largest absolute Gasteiger partial charge is 0.495 e. The Morgan fingerprint density at radius 1 is 1.16 bits per heavy atom. The van der Waals surface area contributed by atoms with Gasteiger partial charge in [-0.25, -0.2) is 0 Å². The van der Waals surface area contributed by atoms with Crippen molar-refractivity contribution >= 4 is 11.6 Å². The van der Waals surface area contributed by atoms with Gasteiger partial charge < -0.3 is 34.3 Å². The Morgan fingerprint density at radius 3 is 2.61 bits per heavy atom. The molecule has 0 radical (unpaired) electrons. The zero-order chi connectivity index (χ0) is 21.8. The number of hydrogen-bond donors (Lipinski definition) is 3. The molecule has 0 aliphatic carbocycles. The van der Waals surface area contributed by atoms with E-state index in [0.29, 0.717) is 13.1 Å². The van der Waals surface area contributed by atoms with E-state index in [1.807, 2.05) is 24.3 Å². The fraction of sp³-hybridized carbons (Fsp3) is 0.500. The number of para-hydroxylation sites is 2. The van der Waals surface area contributed by atoms with Crippen molar-refractivity contribution in [2.75, 3.05) is 51.3 Å². The molecule has 4 rings (SSSR count). The van der Waals surface area contributed by atoms with Crippen molar-refractivity contribution in [2.45, 2.75) is 24.4 Å². The third-order valence-corrected chi connectivity index (χ3v) is 6.01. The third kappa shape index (κ3) is 4.54. The number of furan rings is 1. The molecule has 0 unspecified atom stereocenters. The normalized spacial score (nSPS) is 26.7. The van der Waals surface area contributed by atoms with E-state index in [-0.39, 0.29) is 30.9 Å². The van der Waals surface area contributed by atoms with Crippen molar-refractivity contribution in [3.63, 3.8) is 0 Å². The highest BCUT2D eigenvalue weighted by atomic mass is 16.5. The monoisotopic (exact) mass is 431 g/mol. The lowest BCUT2D eigenvalue weighted by Gasteiger charge is -2.41. The number of benzene rings is 1. The summed E-state index contributed by atoms with van der Waals surface area (Å²) < 4.78 is 16.5. The number of carbonyl (C=O) groups is 1. The zero-order valence-corrected chi connectivity index (χ0v) is 17.5. The molecule has 0 bridgehead atoms. The van der Waals surface area contributed by atoms with Crippen LogP contribution in [0.5, 0.6) is 5.75 Å². The van der Waals surface area contributed by atoms with Gasteiger partial charge >= 0.3 is 0 Å². The lowest BCUT2D eigenvalue weighted by Crippen LogP contribution is -2.57. The van der Waals surface area contributed by atoms with Gasteiger partial charge in [0, 0.05) is 32.7 Å². The number of hydrogen-bond acceptors (Lipinski definition) is 8. The summed E-state index contributed by atoms with van der Waals surface area (Å²) in [4.78, 5) is 16.7. The van der Waals surface area contributed by atoms with Crippen molar-refractivity contribution in [1.82, 2.24) is 10.2 Å². The van der Waals surface area contributed by atoms with Crippen LogP contribution in [-0.2, 0) is 4.74 Å². The SMILES string of the molecule is COc1ccccc1N1CCN([C@H]2[C@H](O)[C@H](CO)O[C@@H]2CNC(=O)c2ccco2)CC1. The summed E-state index contributed by atoms with van der Waals surface area (Å²) in [6.45, 7) is 2.89. The number of rotatable bonds is 7. The van der Waals surface area contributed by atoms with Gasteiger partial charge in [0.15, 0.2) is 5.76 Å². The molecule has 3 heterocycles. The van der Waals surface area contributed by atoms with Crippen LogP contribution in [0.2, 0.25) is 0 Å². The van der Waals surface area contributed by atoms with Gasteiger partial charge in [-0.2, -0.15) is 0 Å². The van der Waals surface area contributed by atoms with Gasteiger partial charge in [0.1, 0.15) is 18.0 Å². The number of aliphatic hydroxyl groups is 2. The maximum atomic E-state index is 12.2. The molecule has 3 N–H and O–H groups in total. The van der Waals surface area contributed by atoms with Crippen LogP contribution >= 0.6 is 0 Å². The first-order chi connectivity index (χ1) is 15.1. The Labute approximate surface area is 181 Å². The predicted molar refractivity (Wildman–Crippen MR) is 113 cm³/mol. The van der Waals surface area contributed by atoms with E-state index in [9.17, 15) is 15.0 Å². The summed E-state index contributed by atoms with van der Waals surface area (Å²) in [7, 11) is 1.66. The molecule has 9 heteroatoms. The highest BCUT2D eigenvalue weighted by Crippen LogP contribution is 2.31. The van der Waals surface area contributed by atoms with Crippen molar-refractivity contribution in [3.8, 4) is 5.75 Å². The number of piperazine rings is 1. The molecule has 0 saturated carbocycles.